The van der Waals surface area contributed by atoms with Crippen LogP contribution in [0.15, 0.2) is 16.5 Å². The molecule has 5 nitrogen and oxygen atoms in total. The molecule has 1 rings (SSSR count). The minimum atomic E-state index is -0.588. The molecule has 1 N–H and O–H groups in total. The van der Waals surface area contributed by atoms with Crippen LogP contribution in [-0.4, -0.2) is 24.0 Å². The Labute approximate surface area is 126 Å². The number of esters is 1. The Balaban J connectivity index is 2.62. The first-order valence-electron chi connectivity index (χ1n) is 5.97. The van der Waals surface area contributed by atoms with E-state index in [9.17, 15) is 9.59 Å². The van der Waals surface area contributed by atoms with E-state index in [0.717, 1.165) is 9.53 Å². The number of carbonyl (C=O) groups excluding carboxylic acids is 2. The molecule has 1 amide bonds. The second kappa shape index (κ2) is 6.93. The molecule has 0 bridgehead atoms. The highest BCUT2D eigenvalue weighted by atomic mass is 127. The monoisotopic (exact) mass is 379 g/mol. The molecule has 0 saturated heterocycles. The molecule has 0 unspecified atom stereocenters. The number of carbonyl (C=O) groups is 2. The third kappa shape index (κ3) is 6.09. The second-order valence-corrected chi connectivity index (χ2v) is 5.79. The van der Waals surface area contributed by atoms with Gasteiger partial charge in [-0.3, -0.25) is 9.59 Å². The second-order valence-electron chi connectivity index (χ2n) is 4.73. The van der Waals surface area contributed by atoms with E-state index in [-0.39, 0.29) is 18.5 Å². The smallest absolute Gasteiger partial charge is 0.302 e. The van der Waals surface area contributed by atoms with Crippen molar-refractivity contribution in [3.63, 3.8) is 0 Å². The third-order valence-corrected chi connectivity index (χ3v) is 3.20. The zero-order valence-electron chi connectivity index (χ0n) is 11.3. The molecular formula is C13H18INO4. The number of nitrogens with one attached hydrogen (secondary N) is 1. The molecule has 0 spiro atoms. The molecule has 1 heterocycles. The molecule has 0 radical (unpaired) electrons. The van der Waals surface area contributed by atoms with Crippen LogP contribution in [0.3, 0.4) is 0 Å². The van der Waals surface area contributed by atoms with Crippen molar-refractivity contribution in [1.29, 1.82) is 0 Å². The summed E-state index contributed by atoms with van der Waals surface area (Å²) in [6, 6.07) is 3.79. The lowest BCUT2D eigenvalue weighted by Gasteiger charge is -2.29. The number of hydrogen-bond acceptors (Lipinski definition) is 4. The van der Waals surface area contributed by atoms with Gasteiger partial charge in [-0.2, -0.15) is 0 Å². The molecule has 0 aromatic carbocycles. The summed E-state index contributed by atoms with van der Waals surface area (Å²) in [6.07, 6.45) is 1.30. The van der Waals surface area contributed by atoms with Gasteiger partial charge in [0.2, 0.25) is 5.91 Å². The van der Waals surface area contributed by atoms with Crippen LogP contribution in [0, 0.1) is 3.77 Å². The van der Waals surface area contributed by atoms with Crippen molar-refractivity contribution in [3.05, 3.63) is 21.7 Å². The minimum absolute atomic E-state index is 0.149. The molecule has 0 aliphatic heterocycles. The van der Waals surface area contributed by atoms with E-state index in [1.807, 2.05) is 19.1 Å². The maximum absolute atomic E-state index is 11.2. The molecule has 0 aliphatic carbocycles. The zero-order chi connectivity index (χ0) is 14.5. The summed E-state index contributed by atoms with van der Waals surface area (Å²) >= 11 is 2.10. The Morgan fingerprint density at radius 3 is 2.58 bits per heavy atom. The standard InChI is InChI=1S/C13H18INO4/c1-9(16)15-13(3,8-18-10(2)17)7-6-11-4-5-12(14)19-11/h4-5H,6-8H2,1-3H3,(H,15,16)/t13-/m1/s1. The average molecular weight is 379 g/mol. The summed E-state index contributed by atoms with van der Waals surface area (Å²) in [5, 5.41) is 2.83. The number of rotatable bonds is 6. The predicted octanol–water partition coefficient (Wildman–Crippen LogP) is 2.27. The molecule has 1 aromatic rings. The van der Waals surface area contributed by atoms with Gasteiger partial charge >= 0.3 is 5.97 Å². The average Bonchev–Trinajstić information content (AvgIpc) is 2.69. The van der Waals surface area contributed by atoms with Crippen LogP contribution in [-0.2, 0) is 20.7 Å². The van der Waals surface area contributed by atoms with Crippen molar-refractivity contribution >= 4 is 34.5 Å². The maximum atomic E-state index is 11.2. The van der Waals surface area contributed by atoms with E-state index in [1.165, 1.54) is 13.8 Å². The summed E-state index contributed by atoms with van der Waals surface area (Å²) in [6.45, 7) is 4.80. The minimum Gasteiger partial charge on any atom is -0.463 e. The Morgan fingerprint density at radius 1 is 1.42 bits per heavy atom. The molecule has 0 aliphatic rings. The van der Waals surface area contributed by atoms with Crippen LogP contribution in [0.4, 0.5) is 0 Å². The lowest BCUT2D eigenvalue weighted by Crippen LogP contribution is -2.49. The summed E-state index contributed by atoms with van der Waals surface area (Å²) in [7, 11) is 0. The van der Waals surface area contributed by atoms with Crippen LogP contribution >= 0.6 is 22.6 Å². The highest BCUT2D eigenvalue weighted by Crippen LogP contribution is 2.18. The highest BCUT2D eigenvalue weighted by Gasteiger charge is 2.27. The number of aryl methyl sites for hydroxylation is 1. The van der Waals surface area contributed by atoms with Crippen LogP contribution in [0.2, 0.25) is 0 Å². The first-order chi connectivity index (χ1) is 8.81. The van der Waals surface area contributed by atoms with Gasteiger partial charge in [0, 0.05) is 20.3 Å². The van der Waals surface area contributed by atoms with Gasteiger partial charge in [0.05, 0.1) is 5.54 Å². The number of ether oxygens (including phenoxy) is 1. The molecule has 1 atom stereocenters. The highest BCUT2D eigenvalue weighted by molar-refractivity contribution is 14.1. The van der Waals surface area contributed by atoms with Gasteiger partial charge < -0.3 is 14.5 Å². The Morgan fingerprint density at radius 2 is 2.11 bits per heavy atom. The summed E-state index contributed by atoms with van der Waals surface area (Å²) in [5.41, 5.74) is -0.588. The Kier molecular flexibility index (Phi) is 5.84. The fourth-order valence-corrected chi connectivity index (χ4v) is 2.20. The first kappa shape index (κ1) is 16.0. The lowest BCUT2D eigenvalue weighted by atomic mass is 9.96. The van der Waals surface area contributed by atoms with E-state index in [1.54, 1.807) is 0 Å². The van der Waals surface area contributed by atoms with Crippen LogP contribution in [0.5, 0.6) is 0 Å². The molecular weight excluding hydrogens is 361 g/mol. The van der Waals surface area contributed by atoms with Gasteiger partial charge in [-0.15, -0.1) is 0 Å². The van der Waals surface area contributed by atoms with Gasteiger partial charge in [0.1, 0.15) is 12.4 Å². The molecule has 0 saturated carbocycles. The van der Waals surface area contributed by atoms with Crippen molar-refractivity contribution in [1.82, 2.24) is 5.32 Å². The van der Waals surface area contributed by atoms with Crippen molar-refractivity contribution < 1.29 is 18.7 Å². The van der Waals surface area contributed by atoms with Gasteiger partial charge in [0.25, 0.3) is 0 Å². The summed E-state index contributed by atoms with van der Waals surface area (Å²) in [4.78, 5) is 22.1. The Hall–Kier alpha value is -1.05. The van der Waals surface area contributed by atoms with Crippen molar-refractivity contribution in [2.75, 3.05) is 6.61 Å². The Bertz CT molecular complexity index is 457. The van der Waals surface area contributed by atoms with E-state index in [4.69, 9.17) is 9.15 Å². The summed E-state index contributed by atoms with van der Waals surface area (Å²) < 4.78 is 11.3. The van der Waals surface area contributed by atoms with Gasteiger partial charge in [-0.1, -0.05) is 0 Å². The molecule has 1 aromatic heterocycles. The fourth-order valence-electron chi connectivity index (χ4n) is 1.74. The molecule has 19 heavy (non-hydrogen) atoms. The van der Waals surface area contributed by atoms with E-state index in [0.29, 0.717) is 12.8 Å². The number of halogens is 1. The zero-order valence-corrected chi connectivity index (χ0v) is 13.4. The lowest BCUT2D eigenvalue weighted by molar-refractivity contribution is -0.144. The maximum Gasteiger partial charge on any atom is 0.302 e. The quantitative estimate of drug-likeness (QED) is 0.608. The molecule has 0 fully saturated rings. The van der Waals surface area contributed by atoms with Crippen LogP contribution < -0.4 is 5.32 Å². The summed E-state index contributed by atoms with van der Waals surface area (Å²) in [5.74, 6) is 0.344. The predicted molar refractivity (Wildman–Crippen MR) is 78.6 cm³/mol. The number of amides is 1. The SMILES string of the molecule is CC(=O)N[C@](C)(CCc1ccc(I)o1)COC(C)=O. The van der Waals surface area contributed by atoms with E-state index >= 15 is 0 Å². The van der Waals surface area contributed by atoms with Gasteiger partial charge in [-0.05, 0) is 48.1 Å². The van der Waals surface area contributed by atoms with Crippen LogP contribution in [0.25, 0.3) is 0 Å². The fraction of sp³-hybridized carbons (Fsp3) is 0.538. The molecule has 6 heteroatoms. The number of hydrogen-bond donors (Lipinski definition) is 1. The number of furan rings is 1. The van der Waals surface area contributed by atoms with Crippen molar-refractivity contribution in [3.8, 4) is 0 Å². The van der Waals surface area contributed by atoms with Crippen molar-refractivity contribution in [2.45, 2.75) is 39.2 Å². The normalized spacial score (nSPS) is 13.7. The largest absolute Gasteiger partial charge is 0.463 e. The third-order valence-electron chi connectivity index (χ3n) is 2.62. The van der Waals surface area contributed by atoms with Gasteiger partial charge in [-0.25, -0.2) is 0 Å². The topological polar surface area (TPSA) is 68.5 Å². The van der Waals surface area contributed by atoms with E-state index in [2.05, 4.69) is 27.9 Å². The first-order valence-corrected chi connectivity index (χ1v) is 7.05. The molecule has 106 valence electrons. The van der Waals surface area contributed by atoms with Gasteiger partial charge in [0.15, 0.2) is 3.77 Å². The van der Waals surface area contributed by atoms with Crippen molar-refractivity contribution in [2.24, 2.45) is 0 Å². The van der Waals surface area contributed by atoms with E-state index < -0.39 is 5.54 Å². The van der Waals surface area contributed by atoms with Crippen LogP contribution in [0.1, 0.15) is 33.0 Å².